The maximum absolute atomic E-state index is 9.71. The van der Waals surface area contributed by atoms with Crippen LogP contribution in [0.2, 0.25) is 5.02 Å². The van der Waals surface area contributed by atoms with Crippen molar-refractivity contribution < 1.29 is 9.84 Å². The van der Waals surface area contributed by atoms with Gasteiger partial charge in [0, 0.05) is 10.6 Å². The third-order valence-electron chi connectivity index (χ3n) is 2.60. The minimum atomic E-state index is -0.517. The summed E-state index contributed by atoms with van der Waals surface area (Å²) in [6, 6.07) is 3.48. The van der Waals surface area contributed by atoms with Crippen LogP contribution in [0.15, 0.2) is 12.1 Å². The lowest BCUT2D eigenvalue weighted by Gasteiger charge is -2.23. The first kappa shape index (κ1) is 13.3. The maximum atomic E-state index is 9.71. The first-order valence-corrected chi connectivity index (χ1v) is 5.58. The zero-order valence-electron chi connectivity index (χ0n) is 10.0. The molecule has 0 spiro atoms. The third-order valence-corrected chi connectivity index (χ3v) is 2.82. The van der Waals surface area contributed by atoms with Crippen LogP contribution < -0.4 is 10.1 Å². The molecule has 0 saturated carbocycles. The van der Waals surface area contributed by atoms with Gasteiger partial charge in [0.1, 0.15) is 5.75 Å². The van der Waals surface area contributed by atoms with Crippen LogP contribution in [-0.4, -0.2) is 25.4 Å². The van der Waals surface area contributed by atoms with Crippen LogP contribution in [0.4, 0.5) is 0 Å². The molecule has 0 fully saturated rings. The smallest absolute Gasteiger partial charge is 0.126 e. The summed E-state index contributed by atoms with van der Waals surface area (Å²) in [6.45, 7) is 3.67. The largest absolute Gasteiger partial charge is 0.496 e. The minimum absolute atomic E-state index is 0.188. The van der Waals surface area contributed by atoms with E-state index in [-0.39, 0.29) is 6.04 Å². The van der Waals surface area contributed by atoms with Crippen LogP contribution in [-0.2, 0) is 0 Å². The number of hydrogen-bond acceptors (Lipinski definition) is 3. The number of ether oxygens (including phenoxy) is 1. The number of halogens is 1. The molecule has 2 unspecified atom stereocenters. The van der Waals surface area contributed by atoms with E-state index < -0.39 is 6.10 Å². The number of nitrogens with one attached hydrogen (secondary N) is 1. The van der Waals surface area contributed by atoms with Gasteiger partial charge in [-0.05, 0) is 38.6 Å². The summed E-state index contributed by atoms with van der Waals surface area (Å²) < 4.78 is 5.35. The van der Waals surface area contributed by atoms with E-state index in [1.807, 2.05) is 19.1 Å². The highest BCUT2D eigenvalue weighted by atomic mass is 35.5. The van der Waals surface area contributed by atoms with Gasteiger partial charge in [-0.3, -0.25) is 0 Å². The van der Waals surface area contributed by atoms with Crippen molar-refractivity contribution in [1.29, 1.82) is 0 Å². The van der Waals surface area contributed by atoms with E-state index in [1.54, 1.807) is 21.1 Å². The van der Waals surface area contributed by atoms with Crippen molar-refractivity contribution in [2.24, 2.45) is 0 Å². The molecule has 0 aromatic heterocycles. The summed E-state index contributed by atoms with van der Waals surface area (Å²) in [6.07, 6.45) is -0.517. The van der Waals surface area contributed by atoms with Gasteiger partial charge < -0.3 is 15.2 Å². The van der Waals surface area contributed by atoms with Gasteiger partial charge in [-0.1, -0.05) is 11.6 Å². The van der Waals surface area contributed by atoms with E-state index in [0.717, 1.165) is 16.9 Å². The predicted molar refractivity (Wildman–Crippen MR) is 66.2 cm³/mol. The highest BCUT2D eigenvalue weighted by Gasteiger charge is 2.21. The molecule has 2 N–H and O–H groups in total. The highest BCUT2D eigenvalue weighted by molar-refractivity contribution is 6.30. The molecule has 0 aliphatic carbocycles. The molecule has 0 amide bonds. The molecule has 16 heavy (non-hydrogen) atoms. The lowest BCUT2D eigenvalue weighted by Crippen LogP contribution is -2.27. The molecule has 90 valence electrons. The van der Waals surface area contributed by atoms with Crippen LogP contribution in [0.5, 0.6) is 5.75 Å². The van der Waals surface area contributed by atoms with Crippen LogP contribution in [0.1, 0.15) is 24.1 Å². The first-order chi connectivity index (χ1) is 7.51. The van der Waals surface area contributed by atoms with Crippen molar-refractivity contribution in [2.75, 3.05) is 14.2 Å². The molecule has 0 saturated heterocycles. The Hall–Kier alpha value is -0.770. The van der Waals surface area contributed by atoms with Crippen LogP contribution in [0, 0.1) is 6.92 Å². The molecule has 3 nitrogen and oxygen atoms in total. The maximum Gasteiger partial charge on any atom is 0.126 e. The molecular weight excluding hydrogens is 226 g/mol. The van der Waals surface area contributed by atoms with Crippen LogP contribution in [0.3, 0.4) is 0 Å². The number of likely N-dealkylation sites (N-methyl/N-ethyl adjacent to an activating group) is 1. The second kappa shape index (κ2) is 5.53. The summed E-state index contributed by atoms with van der Waals surface area (Å²) in [5.41, 5.74) is 1.84. The van der Waals surface area contributed by atoms with Gasteiger partial charge in [0.25, 0.3) is 0 Å². The summed E-state index contributed by atoms with van der Waals surface area (Å²) in [7, 11) is 3.42. The van der Waals surface area contributed by atoms with Crippen molar-refractivity contribution >= 4 is 11.6 Å². The topological polar surface area (TPSA) is 41.5 Å². The van der Waals surface area contributed by atoms with Gasteiger partial charge in [-0.15, -0.1) is 0 Å². The zero-order chi connectivity index (χ0) is 12.3. The standard InChI is InChI=1S/C12H18ClNO2/c1-7-5-9(13)6-10(12(7)16-4)11(14-3)8(2)15/h5-6,8,11,14-15H,1-4H3. The number of aliphatic hydroxyl groups is 1. The molecule has 0 bridgehead atoms. The Balaban J connectivity index is 3.29. The van der Waals surface area contributed by atoms with Crippen molar-refractivity contribution in [3.63, 3.8) is 0 Å². The molecule has 1 aromatic carbocycles. The number of aryl methyl sites for hydroxylation is 1. The molecule has 0 aliphatic rings. The summed E-state index contributed by atoms with van der Waals surface area (Å²) in [5, 5.41) is 13.4. The molecule has 0 radical (unpaired) electrons. The average Bonchev–Trinajstić information content (AvgIpc) is 2.17. The second-order valence-corrected chi connectivity index (χ2v) is 4.29. The van der Waals surface area contributed by atoms with Gasteiger partial charge in [-0.25, -0.2) is 0 Å². The lowest BCUT2D eigenvalue weighted by atomic mass is 9.99. The zero-order valence-corrected chi connectivity index (χ0v) is 10.8. The molecule has 2 atom stereocenters. The summed E-state index contributed by atoms with van der Waals surface area (Å²) >= 11 is 6.02. The van der Waals surface area contributed by atoms with Crippen molar-refractivity contribution in [2.45, 2.75) is 26.0 Å². The Kier molecular flexibility index (Phi) is 4.59. The van der Waals surface area contributed by atoms with Crippen LogP contribution in [0.25, 0.3) is 0 Å². The van der Waals surface area contributed by atoms with Gasteiger partial charge in [0.15, 0.2) is 0 Å². The quantitative estimate of drug-likeness (QED) is 0.853. The fraction of sp³-hybridized carbons (Fsp3) is 0.500. The van der Waals surface area contributed by atoms with E-state index >= 15 is 0 Å². The third kappa shape index (κ3) is 2.67. The molecular formula is C12H18ClNO2. The molecule has 4 heteroatoms. The van der Waals surface area contributed by atoms with Gasteiger partial charge in [-0.2, -0.15) is 0 Å². The summed E-state index contributed by atoms with van der Waals surface area (Å²) in [4.78, 5) is 0. The molecule has 0 heterocycles. The minimum Gasteiger partial charge on any atom is -0.496 e. The van der Waals surface area contributed by atoms with Crippen molar-refractivity contribution in [3.05, 3.63) is 28.3 Å². The molecule has 1 aromatic rings. The Labute approximate surface area is 101 Å². The number of rotatable bonds is 4. The van der Waals surface area contributed by atoms with E-state index in [0.29, 0.717) is 5.02 Å². The summed E-state index contributed by atoms with van der Waals surface area (Å²) in [5.74, 6) is 0.768. The number of methoxy groups -OCH3 is 1. The van der Waals surface area contributed by atoms with Gasteiger partial charge in [0.2, 0.25) is 0 Å². The SMILES string of the molecule is CNC(c1cc(Cl)cc(C)c1OC)C(C)O. The molecule has 0 aliphatic heterocycles. The fourth-order valence-electron chi connectivity index (χ4n) is 1.92. The number of aliphatic hydroxyl groups excluding tert-OH is 1. The number of hydrogen-bond donors (Lipinski definition) is 2. The predicted octanol–water partition coefficient (Wildman–Crippen LogP) is 2.30. The van der Waals surface area contributed by atoms with Gasteiger partial charge in [0.05, 0.1) is 19.3 Å². The van der Waals surface area contributed by atoms with E-state index in [1.165, 1.54) is 0 Å². The van der Waals surface area contributed by atoms with Crippen LogP contribution >= 0.6 is 11.6 Å². The van der Waals surface area contributed by atoms with Crippen molar-refractivity contribution in [1.82, 2.24) is 5.32 Å². The first-order valence-electron chi connectivity index (χ1n) is 5.20. The molecule has 1 rings (SSSR count). The fourth-order valence-corrected chi connectivity index (χ4v) is 2.20. The highest BCUT2D eigenvalue weighted by Crippen LogP contribution is 2.33. The normalized spacial score (nSPS) is 14.6. The van der Waals surface area contributed by atoms with E-state index in [2.05, 4.69) is 5.32 Å². The Morgan fingerprint density at radius 2 is 2.06 bits per heavy atom. The lowest BCUT2D eigenvalue weighted by molar-refractivity contribution is 0.148. The van der Waals surface area contributed by atoms with E-state index in [4.69, 9.17) is 16.3 Å². The van der Waals surface area contributed by atoms with Crippen molar-refractivity contribution in [3.8, 4) is 5.75 Å². The number of benzene rings is 1. The van der Waals surface area contributed by atoms with E-state index in [9.17, 15) is 5.11 Å². The Bertz CT molecular complexity index is 366. The Morgan fingerprint density at radius 3 is 2.50 bits per heavy atom. The second-order valence-electron chi connectivity index (χ2n) is 3.85. The average molecular weight is 244 g/mol. The van der Waals surface area contributed by atoms with Gasteiger partial charge >= 0.3 is 0 Å². The monoisotopic (exact) mass is 243 g/mol. The Morgan fingerprint density at radius 1 is 1.44 bits per heavy atom.